The van der Waals surface area contributed by atoms with Gasteiger partial charge in [-0.15, -0.1) is 0 Å². The first-order valence-electron chi connectivity index (χ1n) is 8.70. The summed E-state index contributed by atoms with van der Waals surface area (Å²) < 4.78 is 4.53. The maximum Gasteiger partial charge on any atom is 0.259 e. The molecular formula is C21H20I2N4O. The molecule has 2 N–H and O–H groups in total. The Morgan fingerprint density at radius 1 is 1.04 bits per heavy atom. The number of benzene rings is 2. The van der Waals surface area contributed by atoms with Crippen molar-refractivity contribution in [1.82, 2.24) is 9.99 Å². The average Bonchev–Trinajstić information content (AvgIpc) is 2.96. The molecule has 0 aliphatic rings. The Balaban J connectivity index is 1.61. The van der Waals surface area contributed by atoms with Crippen molar-refractivity contribution in [3.05, 3.63) is 78.7 Å². The SMILES string of the molecule is Cc1cc(/C=N\NC(=O)CNc2ccc(I)cc2)c(C)n1-c1ccc(I)cc1. The lowest BCUT2D eigenvalue weighted by atomic mass is 10.2. The summed E-state index contributed by atoms with van der Waals surface area (Å²) in [5, 5.41) is 7.19. The van der Waals surface area contributed by atoms with E-state index in [1.165, 1.54) is 3.57 Å². The number of halogens is 2. The Morgan fingerprint density at radius 3 is 2.29 bits per heavy atom. The largest absolute Gasteiger partial charge is 0.376 e. The lowest BCUT2D eigenvalue weighted by molar-refractivity contribution is -0.119. The molecule has 5 nitrogen and oxygen atoms in total. The molecule has 28 heavy (non-hydrogen) atoms. The molecule has 0 radical (unpaired) electrons. The molecule has 0 aliphatic carbocycles. The lowest BCUT2D eigenvalue weighted by Gasteiger charge is -2.09. The maximum absolute atomic E-state index is 12.0. The molecule has 1 heterocycles. The number of hydrazone groups is 1. The van der Waals surface area contributed by atoms with Gasteiger partial charge in [0.1, 0.15) is 0 Å². The van der Waals surface area contributed by atoms with E-state index in [0.29, 0.717) is 0 Å². The van der Waals surface area contributed by atoms with Gasteiger partial charge in [-0.2, -0.15) is 5.10 Å². The van der Waals surface area contributed by atoms with Gasteiger partial charge in [0.25, 0.3) is 5.91 Å². The Labute approximate surface area is 191 Å². The van der Waals surface area contributed by atoms with E-state index in [2.05, 4.69) is 103 Å². The number of aryl methyl sites for hydroxylation is 1. The summed E-state index contributed by atoms with van der Waals surface area (Å²) in [5.74, 6) is -0.193. The number of hydrogen-bond acceptors (Lipinski definition) is 3. The molecule has 2 aromatic carbocycles. The molecular weight excluding hydrogens is 578 g/mol. The maximum atomic E-state index is 12.0. The van der Waals surface area contributed by atoms with E-state index in [-0.39, 0.29) is 12.5 Å². The number of carbonyl (C=O) groups excluding carboxylic acids is 1. The number of amides is 1. The Hall–Kier alpha value is -1.88. The van der Waals surface area contributed by atoms with Gasteiger partial charge in [-0.1, -0.05) is 0 Å². The predicted molar refractivity (Wildman–Crippen MR) is 131 cm³/mol. The van der Waals surface area contributed by atoms with Crippen molar-refractivity contribution in [2.75, 3.05) is 11.9 Å². The van der Waals surface area contributed by atoms with Crippen LogP contribution >= 0.6 is 45.2 Å². The number of carbonyl (C=O) groups is 1. The van der Waals surface area contributed by atoms with E-state index in [9.17, 15) is 4.79 Å². The van der Waals surface area contributed by atoms with Crippen LogP contribution < -0.4 is 10.7 Å². The molecule has 144 valence electrons. The fourth-order valence-electron chi connectivity index (χ4n) is 2.87. The minimum atomic E-state index is -0.193. The van der Waals surface area contributed by atoms with Crippen LogP contribution in [-0.2, 0) is 4.79 Å². The molecule has 1 aromatic heterocycles. The third-order valence-corrected chi connectivity index (χ3v) is 5.68. The number of nitrogens with zero attached hydrogens (tertiary/aromatic N) is 2. The number of nitrogens with one attached hydrogen (secondary N) is 2. The lowest BCUT2D eigenvalue weighted by Crippen LogP contribution is -2.25. The molecule has 0 fully saturated rings. The first-order valence-corrected chi connectivity index (χ1v) is 10.9. The Kier molecular flexibility index (Phi) is 7.11. The second-order valence-corrected chi connectivity index (χ2v) is 8.78. The van der Waals surface area contributed by atoms with Crippen LogP contribution in [0.15, 0.2) is 59.7 Å². The fourth-order valence-corrected chi connectivity index (χ4v) is 3.59. The van der Waals surface area contributed by atoms with Gasteiger partial charge in [0, 0.05) is 35.5 Å². The molecule has 7 heteroatoms. The quantitative estimate of drug-likeness (QED) is 0.242. The molecule has 3 rings (SSSR count). The zero-order valence-corrected chi connectivity index (χ0v) is 19.9. The standard InChI is InChI=1S/C21H20I2N4O/c1-14-11-16(15(2)27(14)20-9-5-18(23)6-10-20)12-25-26-21(28)13-24-19-7-3-17(22)4-8-19/h3-12,24H,13H2,1-2H3,(H,26,28)/b25-12-. The van der Waals surface area contributed by atoms with Gasteiger partial charge in [0.05, 0.1) is 12.8 Å². The van der Waals surface area contributed by atoms with Gasteiger partial charge in [0.2, 0.25) is 0 Å². The Bertz CT molecular complexity index is 992. The summed E-state index contributed by atoms with van der Waals surface area (Å²) in [6.45, 7) is 4.28. The monoisotopic (exact) mass is 598 g/mol. The molecule has 0 aliphatic heterocycles. The van der Waals surface area contributed by atoms with Crippen LogP contribution in [0.1, 0.15) is 17.0 Å². The number of hydrogen-bond donors (Lipinski definition) is 2. The van der Waals surface area contributed by atoms with Crippen molar-refractivity contribution in [2.24, 2.45) is 5.10 Å². The highest BCUT2D eigenvalue weighted by Crippen LogP contribution is 2.20. The fraction of sp³-hybridized carbons (Fsp3) is 0.143. The summed E-state index contributed by atoms with van der Waals surface area (Å²) >= 11 is 4.54. The van der Waals surface area contributed by atoms with E-state index in [1.807, 2.05) is 31.2 Å². The molecule has 0 atom stereocenters. The zero-order chi connectivity index (χ0) is 20.1. The van der Waals surface area contributed by atoms with Gasteiger partial charge < -0.3 is 9.88 Å². The van der Waals surface area contributed by atoms with Crippen molar-refractivity contribution in [3.63, 3.8) is 0 Å². The van der Waals surface area contributed by atoms with Crippen molar-refractivity contribution >= 4 is 63.0 Å². The topological polar surface area (TPSA) is 58.4 Å². The van der Waals surface area contributed by atoms with Crippen LogP contribution in [0.4, 0.5) is 5.69 Å². The zero-order valence-electron chi connectivity index (χ0n) is 15.5. The summed E-state index contributed by atoms with van der Waals surface area (Å²) in [6, 6.07) is 18.3. The smallest absolute Gasteiger partial charge is 0.259 e. The van der Waals surface area contributed by atoms with Crippen molar-refractivity contribution in [3.8, 4) is 5.69 Å². The Morgan fingerprint density at radius 2 is 1.64 bits per heavy atom. The van der Waals surface area contributed by atoms with Gasteiger partial charge in [-0.05, 0) is 114 Å². The van der Waals surface area contributed by atoms with Gasteiger partial charge >= 0.3 is 0 Å². The van der Waals surface area contributed by atoms with Crippen molar-refractivity contribution < 1.29 is 4.79 Å². The summed E-state index contributed by atoms with van der Waals surface area (Å²) in [4.78, 5) is 12.0. The highest BCUT2D eigenvalue weighted by atomic mass is 127. The van der Waals surface area contributed by atoms with Gasteiger partial charge in [-0.3, -0.25) is 4.79 Å². The molecule has 0 saturated carbocycles. The van der Waals surface area contributed by atoms with Crippen molar-refractivity contribution in [2.45, 2.75) is 13.8 Å². The second-order valence-electron chi connectivity index (χ2n) is 6.29. The minimum absolute atomic E-state index is 0.166. The molecule has 0 spiro atoms. The van der Waals surface area contributed by atoms with E-state index in [0.717, 1.165) is 31.9 Å². The minimum Gasteiger partial charge on any atom is -0.376 e. The van der Waals surface area contributed by atoms with E-state index >= 15 is 0 Å². The summed E-state index contributed by atoms with van der Waals surface area (Å²) in [5.41, 5.74) is 7.76. The second kappa shape index (κ2) is 9.55. The van der Waals surface area contributed by atoms with Crippen LogP contribution in [0.3, 0.4) is 0 Å². The first-order chi connectivity index (χ1) is 13.4. The van der Waals surface area contributed by atoms with E-state index in [4.69, 9.17) is 0 Å². The first kappa shape index (κ1) is 20.8. The third-order valence-electron chi connectivity index (χ3n) is 4.25. The van der Waals surface area contributed by atoms with Crippen LogP contribution in [-0.4, -0.2) is 23.2 Å². The normalized spacial score (nSPS) is 11.0. The van der Waals surface area contributed by atoms with Gasteiger partial charge in [-0.25, -0.2) is 5.43 Å². The van der Waals surface area contributed by atoms with E-state index in [1.54, 1.807) is 6.21 Å². The summed E-state index contributed by atoms with van der Waals surface area (Å²) in [6.07, 6.45) is 1.69. The predicted octanol–water partition coefficient (Wildman–Crippen LogP) is 4.87. The third kappa shape index (κ3) is 5.34. The van der Waals surface area contributed by atoms with Crippen molar-refractivity contribution in [1.29, 1.82) is 0 Å². The number of anilines is 1. The van der Waals surface area contributed by atoms with Crippen LogP contribution in [0, 0.1) is 21.0 Å². The van der Waals surface area contributed by atoms with Crippen LogP contribution in [0.2, 0.25) is 0 Å². The van der Waals surface area contributed by atoms with Crippen LogP contribution in [0.25, 0.3) is 5.69 Å². The van der Waals surface area contributed by atoms with E-state index < -0.39 is 0 Å². The summed E-state index contributed by atoms with van der Waals surface area (Å²) in [7, 11) is 0. The molecule has 0 saturated heterocycles. The molecule has 1 amide bonds. The highest BCUT2D eigenvalue weighted by Gasteiger charge is 2.09. The average molecular weight is 598 g/mol. The van der Waals surface area contributed by atoms with Gasteiger partial charge in [0.15, 0.2) is 0 Å². The molecule has 0 unspecified atom stereocenters. The van der Waals surface area contributed by atoms with Crippen LogP contribution in [0.5, 0.6) is 0 Å². The molecule has 0 bridgehead atoms. The number of aromatic nitrogens is 1. The number of rotatable bonds is 6. The highest BCUT2D eigenvalue weighted by molar-refractivity contribution is 14.1. The molecule has 3 aromatic rings.